The van der Waals surface area contributed by atoms with Crippen molar-refractivity contribution < 1.29 is 23.1 Å². The van der Waals surface area contributed by atoms with Gasteiger partial charge in [0.2, 0.25) is 0 Å². The largest absolute Gasteiger partial charge is 0.416 e. The van der Waals surface area contributed by atoms with Gasteiger partial charge in [-0.05, 0) is 30.3 Å². The van der Waals surface area contributed by atoms with Crippen molar-refractivity contribution in [1.29, 1.82) is 0 Å². The van der Waals surface area contributed by atoms with Gasteiger partial charge in [0.1, 0.15) is 0 Å². The molecule has 28 heavy (non-hydrogen) atoms. The average molecular weight is 408 g/mol. The summed E-state index contributed by atoms with van der Waals surface area (Å²) in [6, 6.07) is 6.51. The van der Waals surface area contributed by atoms with Crippen molar-refractivity contribution in [1.82, 2.24) is 19.7 Å². The quantitative estimate of drug-likeness (QED) is 0.544. The monoisotopic (exact) mass is 408 g/mol. The summed E-state index contributed by atoms with van der Waals surface area (Å²) < 4.78 is 42.8. The number of halogens is 3. The maximum Gasteiger partial charge on any atom is 0.416 e. The van der Waals surface area contributed by atoms with Crippen molar-refractivity contribution in [2.45, 2.75) is 6.18 Å². The Hall–Kier alpha value is -2.85. The maximum absolute atomic E-state index is 12.9. The molecule has 0 aliphatic rings. The molecular formula is C18H15F3N4O2S. The Morgan fingerprint density at radius 3 is 2.64 bits per heavy atom. The van der Waals surface area contributed by atoms with Crippen molar-refractivity contribution >= 4 is 38.5 Å². The van der Waals surface area contributed by atoms with Gasteiger partial charge in [-0.3, -0.25) is 14.0 Å². The number of alkyl halides is 3. The summed E-state index contributed by atoms with van der Waals surface area (Å²) in [5, 5.41) is 16.7. The van der Waals surface area contributed by atoms with Gasteiger partial charge in [-0.25, -0.2) is 0 Å². The highest BCUT2D eigenvalue weighted by Crippen LogP contribution is 2.37. The molecule has 0 saturated heterocycles. The number of nitrogens with one attached hydrogen (secondary N) is 1. The first-order valence-electron chi connectivity index (χ1n) is 8.34. The molecule has 0 aliphatic heterocycles. The molecule has 0 aliphatic carbocycles. The van der Waals surface area contributed by atoms with Crippen molar-refractivity contribution in [2.24, 2.45) is 7.05 Å². The fraction of sp³-hybridized carbons (Fsp3) is 0.222. The summed E-state index contributed by atoms with van der Waals surface area (Å²) in [5.74, 6) is -0.314. The fourth-order valence-corrected chi connectivity index (χ4v) is 4.15. The lowest BCUT2D eigenvalue weighted by Gasteiger charge is -2.09. The minimum absolute atomic E-state index is 0.141. The Morgan fingerprint density at radius 2 is 2.00 bits per heavy atom. The van der Waals surface area contributed by atoms with Gasteiger partial charge in [-0.2, -0.15) is 18.3 Å². The average Bonchev–Trinajstić information content (AvgIpc) is 3.29. The van der Waals surface area contributed by atoms with Crippen molar-refractivity contribution in [3.05, 3.63) is 47.0 Å². The van der Waals surface area contributed by atoms with E-state index in [1.165, 1.54) is 23.5 Å². The van der Waals surface area contributed by atoms with Crippen molar-refractivity contribution in [3.8, 4) is 5.69 Å². The molecule has 2 N–H and O–H groups in total. The van der Waals surface area contributed by atoms with Crippen LogP contribution in [0.1, 0.15) is 15.2 Å². The van der Waals surface area contributed by atoms with Crippen LogP contribution in [0.4, 0.5) is 13.2 Å². The van der Waals surface area contributed by atoms with Crippen LogP contribution in [0.3, 0.4) is 0 Å². The highest BCUT2D eigenvalue weighted by Gasteiger charge is 2.30. The van der Waals surface area contributed by atoms with E-state index in [0.717, 1.165) is 22.2 Å². The molecule has 0 fully saturated rings. The van der Waals surface area contributed by atoms with Crippen LogP contribution < -0.4 is 5.32 Å². The molecule has 0 saturated carbocycles. The molecule has 0 radical (unpaired) electrons. The zero-order valence-corrected chi connectivity index (χ0v) is 15.4. The molecule has 3 aromatic heterocycles. The van der Waals surface area contributed by atoms with Crippen LogP contribution in [0.25, 0.3) is 26.9 Å². The third-order valence-electron chi connectivity index (χ3n) is 4.29. The van der Waals surface area contributed by atoms with E-state index in [4.69, 9.17) is 5.11 Å². The lowest BCUT2D eigenvalue weighted by molar-refractivity contribution is -0.137. The highest BCUT2D eigenvalue weighted by atomic mass is 32.1. The third-order valence-corrected chi connectivity index (χ3v) is 5.45. The molecule has 4 rings (SSSR count). The molecule has 146 valence electrons. The standard InChI is InChI=1S/C18H15F3N4O2S/c1-24-9-12-15-13(8-14(28-15)17(27)22-6-7-26)25(16(12)23-24)11-4-2-10(3-5-11)18(19,20)21/h2-5,8-9,26H,6-7H2,1H3,(H,22,27). The Kier molecular flexibility index (Phi) is 4.39. The van der Waals surface area contributed by atoms with Gasteiger partial charge in [0.15, 0.2) is 5.65 Å². The Bertz CT molecular complexity index is 1170. The zero-order valence-electron chi connectivity index (χ0n) is 14.6. The van der Waals surface area contributed by atoms with Crippen LogP contribution in [0, 0.1) is 0 Å². The van der Waals surface area contributed by atoms with E-state index in [0.29, 0.717) is 21.7 Å². The Morgan fingerprint density at radius 1 is 1.29 bits per heavy atom. The second kappa shape index (κ2) is 6.64. The number of aliphatic hydroxyl groups excluding tert-OH is 1. The van der Waals surface area contributed by atoms with Crippen LogP contribution in [0.2, 0.25) is 0 Å². The van der Waals surface area contributed by atoms with E-state index >= 15 is 0 Å². The third kappa shape index (κ3) is 3.04. The summed E-state index contributed by atoms with van der Waals surface area (Å²) in [6.07, 6.45) is -2.60. The van der Waals surface area contributed by atoms with Gasteiger partial charge in [0.25, 0.3) is 5.91 Å². The van der Waals surface area contributed by atoms with E-state index < -0.39 is 11.7 Å². The molecule has 1 amide bonds. The van der Waals surface area contributed by atoms with Gasteiger partial charge < -0.3 is 10.4 Å². The summed E-state index contributed by atoms with van der Waals surface area (Å²) >= 11 is 1.27. The summed E-state index contributed by atoms with van der Waals surface area (Å²) in [7, 11) is 1.76. The van der Waals surface area contributed by atoms with Gasteiger partial charge in [0.05, 0.1) is 32.7 Å². The first-order valence-corrected chi connectivity index (χ1v) is 9.15. The van der Waals surface area contributed by atoms with Crippen LogP contribution >= 0.6 is 11.3 Å². The molecule has 3 heterocycles. The minimum atomic E-state index is -4.41. The van der Waals surface area contributed by atoms with Crippen LogP contribution in [-0.4, -0.2) is 38.5 Å². The van der Waals surface area contributed by atoms with Crippen LogP contribution in [0.15, 0.2) is 36.5 Å². The number of thiophene rings is 1. The van der Waals surface area contributed by atoms with E-state index in [2.05, 4.69) is 10.4 Å². The number of rotatable bonds is 4. The summed E-state index contributed by atoms with van der Waals surface area (Å²) in [6.45, 7) is -0.0244. The van der Waals surface area contributed by atoms with Crippen LogP contribution in [-0.2, 0) is 13.2 Å². The van der Waals surface area contributed by atoms with Crippen molar-refractivity contribution in [2.75, 3.05) is 13.2 Å². The highest BCUT2D eigenvalue weighted by molar-refractivity contribution is 7.21. The smallest absolute Gasteiger partial charge is 0.395 e. The first-order chi connectivity index (χ1) is 13.3. The number of aryl methyl sites for hydroxylation is 1. The number of hydrogen-bond donors (Lipinski definition) is 2. The number of benzene rings is 1. The number of nitrogens with zero attached hydrogens (tertiary/aromatic N) is 3. The maximum atomic E-state index is 12.9. The molecule has 0 spiro atoms. The molecular weight excluding hydrogens is 393 g/mol. The fourth-order valence-electron chi connectivity index (χ4n) is 3.09. The van der Waals surface area contributed by atoms with Gasteiger partial charge in [-0.15, -0.1) is 11.3 Å². The molecule has 0 bridgehead atoms. The predicted molar refractivity (Wildman–Crippen MR) is 99.8 cm³/mol. The van der Waals surface area contributed by atoms with Gasteiger partial charge in [0, 0.05) is 25.5 Å². The number of amides is 1. The Labute approximate surface area is 160 Å². The second-order valence-electron chi connectivity index (χ2n) is 6.22. The second-order valence-corrected chi connectivity index (χ2v) is 7.28. The van der Waals surface area contributed by atoms with E-state index in [1.54, 1.807) is 22.4 Å². The summed E-state index contributed by atoms with van der Waals surface area (Å²) in [5.41, 5.74) is 1.08. The number of hydrogen-bond acceptors (Lipinski definition) is 4. The predicted octanol–water partition coefficient (Wildman–Crippen LogP) is 3.32. The molecule has 1 aromatic carbocycles. The summed E-state index contributed by atoms with van der Waals surface area (Å²) in [4.78, 5) is 12.7. The molecule has 0 unspecified atom stereocenters. The van der Waals surface area contributed by atoms with Gasteiger partial charge >= 0.3 is 6.18 Å². The Balaban J connectivity index is 1.88. The van der Waals surface area contributed by atoms with Gasteiger partial charge in [-0.1, -0.05) is 0 Å². The van der Waals surface area contributed by atoms with Crippen molar-refractivity contribution in [3.63, 3.8) is 0 Å². The first kappa shape index (κ1) is 18.5. The number of carbonyl (C=O) groups excluding carboxylic acids is 1. The SMILES string of the molecule is Cn1cc2c3sc(C(=O)NCCO)cc3n(-c3ccc(C(F)(F)F)cc3)c2n1. The molecule has 0 atom stereocenters. The number of carbonyl (C=O) groups is 1. The van der Waals surface area contributed by atoms with E-state index in [9.17, 15) is 18.0 Å². The van der Waals surface area contributed by atoms with Crippen LogP contribution in [0.5, 0.6) is 0 Å². The molecule has 10 heteroatoms. The number of aliphatic hydroxyl groups is 1. The molecule has 4 aromatic rings. The van der Waals surface area contributed by atoms with E-state index in [1.807, 2.05) is 6.20 Å². The lowest BCUT2D eigenvalue weighted by Crippen LogP contribution is -2.25. The topological polar surface area (TPSA) is 72.1 Å². The molecule has 6 nitrogen and oxygen atoms in total. The van der Waals surface area contributed by atoms with E-state index in [-0.39, 0.29) is 19.1 Å². The zero-order chi connectivity index (χ0) is 20.1. The lowest BCUT2D eigenvalue weighted by atomic mass is 10.2. The number of aromatic nitrogens is 3. The normalized spacial score (nSPS) is 12.2. The minimum Gasteiger partial charge on any atom is -0.395 e. The number of fused-ring (bicyclic) bond motifs is 3.